The molecule has 0 aliphatic heterocycles. The minimum atomic E-state index is -4.58. The number of amides is 2. The Morgan fingerprint density at radius 1 is 1.16 bits per heavy atom. The van der Waals surface area contributed by atoms with Gasteiger partial charge in [-0.1, -0.05) is 0 Å². The molecular weight excluding hydrogens is 447 g/mol. The number of halogens is 3. The zero-order chi connectivity index (χ0) is 22.7. The summed E-state index contributed by atoms with van der Waals surface area (Å²) in [5.41, 5.74) is 0.934. The number of hydrogen-bond donors (Lipinski definition) is 3. The Bertz CT molecular complexity index is 1240. The molecule has 0 spiro atoms. The molecule has 0 aliphatic rings. The smallest absolute Gasteiger partial charge is 0.338 e. The molecule has 0 unspecified atom stereocenters. The van der Waals surface area contributed by atoms with Gasteiger partial charge in [-0.2, -0.15) is 13.2 Å². The number of hydrogen-bond acceptors (Lipinski definition) is 8. The van der Waals surface area contributed by atoms with Crippen molar-refractivity contribution in [1.82, 2.24) is 40.9 Å². The number of pyridine rings is 2. The van der Waals surface area contributed by atoms with Crippen molar-refractivity contribution in [2.45, 2.75) is 13.1 Å². The van der Waals surface area contributed by atoms with Crippen LogP contribution < -0.4 is 10.6 Å². The summed E-state index contributed by atoms with van der Waals surface area (Å²) in [6.45, 7) is 2.15. The number of H-pyrrole nitrogens is 1. The second-order valence-electron chi connectivity index (χ2n) is 6.35. The van der Waals surface area contributed by atoms with Crippen LogP contribution >= 0.6 is 11.3 Å². The molecule has 4 aromatic heterocycles. The summed E-state index contributed by atoms with van der Waals surface area (Å²) < 4.78 is 39.4. The zero-order valence-corrected chi connectivity index (χ0v) is 17.1. The number of urea groups is 1. The lowest BCUT2D eigenvalue weighted by Gasteiger charge is -2.11. The number of aromatic nitrogens is 7. The van der Waals surface area contributed by atoms with Crippen molar-refractivity contribution >= 4 is 23.2 Å². The maximum atomic E-state index is 13.1. The highest BCUT2D eigenvalue weighted by molar-refractivity contribution is 7.13. The molecule has 0 aromatic carbocycles. The van der Waals surface area contributed by atoms with Crippen LogP contribution in [0.2, 0.25) is 0 Å². The fraction of sp³-hybridized carbons (Fsp3) is 0.167. The Balaban J connectivity index is 1.81. The second-order valence-corrected chi connectivity index (χ2v) is 7.21. The van der Waals surface area contributed by atoms with E-state index < -0.39 is 17.9 Å². The number of carbonyl (C=O) groups is 1. The molecule has 0 fully saturated rings. The van der Waals surface area contributed by atoms with Gasteiger partial charge >= 0.3 is 12.2 Å². The monoisotopic (exact) mass is 461 g/mol. The quantitative estimate of drug-likeness (QED) is 0.413. The van der Waals surface area contributed by atoms with Gasteiger partial charge in [0.05, 0.1) is 0 Å². The van der Waals surface area contributed by atoms with Crippen molar-refractivity contribution in [2.75, 3.05) is 11.9 Å². The van der Waals surface area contributed by atoms with E-state index in [4.69, 9.17) is 0 Å². The fourth-order valence-corrected chi connectivity index (χ4v) is 3.63. The van der Waals surface area contributed by atoms with Crippen molar-refractivity contribution in [2.24, 2.45) is 0 Å². The third-order valence-corrected chi connectivity index (χ3v) is 5.05. The molecule has 0 saturated heterocycles. The van der Waals surface area contributed by atoms with Crippen LogP contribution in [0.1, 0.15) is 12.6 Å². The predicted octanol–water partition coefficient (Wildman–Crippen LogP) is 3.61. The Morgan fingerprint density at radius 3 is 2.66 bits per heavy atom. The standard InChI is InChI=1S/C18H14F3N9OS/c1-2-23-17(31)26-14-4-11(16-25-13(8-32-16)18(19,20)21)12(7-24-14)9-3-10(6-22-5-9)15-27-29-30-28-15/h3-8H,2H2,1H3,(H2,23,24,26,31)(H,27,28,29,30). The third kappa shape index (κ3) is 4.54. The van der Waals surface area contributed by atoms with Gasteiger partial charge in [-0.25, -0.2) is 19.9 Å². The zero-order valence-electron chi connectivity index (χ0n) is 16.3. The molecule has 2 amide bonds. The molecule has 4 aromatic rings. The number of tetrazole rings is 1. The van der Waals surface area contributed by atoms with E-state index in [0.717, 1.165) is 16.7 Å². The average Bonchev–Trinajstić information content (AvgIpc) is 3.46. The summed E-state index contributed by atoms with van der Waals surface area (Å²) in [7, 11) is 0. The largest absolute Gasteiger partial charge is 0.434 e. The van der Waals surface area contributed by atoms with Gasteiger partial charge in [0, 0.05) is 52.8 Å². The van der Waals surface area contributed by atoms with E-state index >= 15 is 0 Å². The SMILES string of the molecule is CCNC(=O)Nc1cc(-c2nc(C(F)(F)F)cs2)c(-c2cncc(-c3nnn[nH]3)c2)cn1. The molecular formula is C18H14F3N9OS. The molecule has 4 heterocycles. The number of nitrogens with zero attached hydrogens (tertiary/aromatic N) is 6. The lowest BCUT2D eigenvalue weighted by molar-refractivity contribution is -0.140. The molecule has 3 N–H and O–H groups in total. The summed E-state index contributed by atoms with van der Waals surface area (Å²) in [4.78, 5) is 24.0. The average molecular weight is 461 g/mol. The Labute approximate surface area is 182 Å². The maximum Gasteiger partial charge on any atom is 0.434 e. The van der Waals surface area contributed by atoms with Crippen LogP contribution in [0.25, 0.3) is 33.1 Å². The topological polar surface area (TPSA) is 134 Å². The number of anilines is 1. The van der Waals surface area contributed by atoms with Gasteiger partial charge in [0.1, 0.15) is 10.8 Å². The van der Waals surface area contributed by atoms with Gasteiger partial charge in [-0.05, 0) is 29.5 Å². The summed E-state index contributed by atoms with van der Waals surface area (Å²) in [6.07, 6.45) is -0.0757. The number of nitrogens with one attached hydrogen (secondary N) is 3. The fourth-order valence-electron chi connectivity index (χ4n) is 2.78. The highest BCUT2D eigenvalue weighted by Gasteiger charge is 2.34. The van der Waals surface area contributed by atoms with Gasteiger partial charge in [-0.15, -0.1) is 16.4 Å². The van der Waals surface area contributed by atoms with E-state index in [1.54, 1.807) is 13.0 Å². The van der Waals surface area contributed by atoms with Crippen molar-refractivity contribution < 1.29 is 18.0 Å². The van der Waals surface area contributed by atoms with E-state index in [1.807, 2.05) is 0 Å². The molecule has 0 radical (unpaired) electrons. The molecule has 0 bridgehead atoms. The van der Waals surface area contributed by atoms with Gasteiger partial charge < -0.3 is 5.32 Å². The maximum absolute atomic E-state index is 13.1. The van der Waals surface area contributed by atoms with Crippen molar-refractivity contribution in [3.05, 3.63) is 41.8 Å². The normalized spacial score (nSPS) is 11.4. The molecule has 0 atom stereocenters. The summed E-state index contributed by atoms with van der Waals surface area (Å²) in [5.74, 6) is 0.527. The van der Waals surface area contributed by atoms with Crippen LogP contribution in [0.15, 0.2) is 36.1 Å². The van der Waals surface area contributed by atoms with E-state index in [9.17, 15) is 18.0 Å². The third-order valence-electron chi connectivity index (χ3n) is 4.18. The van der Waals surface area contributed by atoms with Gasteiger partial charge in [0.15, 0.2) is 11.5 Å². The molecule has 4 rings (SSSR count). The van der Waals surface area contributed by atoms with Crippen LogP contribution in [-0.2, 0) is 6.18 Å². The highest BCUT2D eigenvalue weighted by atomic mass is 32.1. The highest BCUT2D eigenvalue weighted by Crippen LogP contribution is 2.38. The lowest BCUT2D eigenvalue weighted by atomic mass is 10.0. The molecule has 0 aliphatic carbocycles. The number of aromatic amines is 1. The second kappa shape index (κ2) is 8.66. The van der Waals surface area contributed by atoms with Gasteiger partial charge in [-0.3, -0.25) is 10.3 Å². The minimum absolute atomic E-state index is 0.111. The number of carbonyl (C=O) groups excluding carboxylic acids is 1. The molecule has 32 heavy (non-hydrogen) atoms. The first-order valence-electron chi connectivity index (χ1n) is 9.12. The molecule has 14 heteroatoms. The van der Waals surface area contributed by atoms with Crippen LogP contribution in [0.5, 0.6) is 0 Å². The van der Waals surface area contributed by atoms with Crippen molar-refractivity contribution in [1.29, 1.82) is 0 Å². The summed E-state index contributed by atoms with van der Waals surface area (Å²) >= 11 is 0.832. The number of rotatable bonds is 5. The van der Waals surface area contributed by atoms with Crippen LogP contribution in [0.3, 0.4) is 0 Å². The number of alkyl halides is 3. The molecule has 10 nitrogen and oxygen atoms in total. The number of thiazole rings is 1. The van der Waals surface area contributed by atoms with E-state index in [-0.39, 0.29) is 10.8 Å². The Morgan fingerprint density at radius 2 is 1.97 bits per heavy atom. The first kappa shape index (κ1) is 21.3. The minimum Gasteiger partial charge on any atom is -0.338 e. The lowest BCUT2D eigenvalue weighted by Crippen LogP contribution is -2.28. The predicted molar refractivity (Wildman–Crippen MR) is 109 cm³/mol. The molecule has 164 valence electrons. The van der Waals surface area contributed by atoms with E-state index in [1.165, 1.54) is 24.7 Å². The Kier molecular flexibility index (Phi) is 5.77. The summed E-state index contributed by atoms with van der Waals surface area (Å²) in [6, 6.07) is 2.69. The first-order chi connectivity index (χ1) is 15.3. The van der Waals surface area contributed by atoms with E-state index in [2.05, 4.69) is 46.2 Å². The summed E-state index contributed by atoms with van der Waals surface area (Å²) in [5, 5.41) is 19.7. The van der Waals surface area contributed by atoms with Crippen LogP contribution in [-0.4, -0.2) is 48.2 Å². The van der Waals surface area contributed by atoms with Crippen molar-refractivity contribution in [3.63, 3.8) is 0 Å². The van der Waals surface area contributed by atoms with E-state index in [0.29, 0.717) is 34.6 Å². The van der Waals surface area contributed by atoms with Crippen LogP contribution in [0, 0.1) is 0 Å². The molecule has 0 saturated carbocycles. The van der Waals surface area contributed by atoms with Gasteiger partial charge in [0.25, 0.3) is 0 Å². The van der Waals surface area contributed by atoms with Crippen LogP contribution in [0.4, 0.5) is 23.8 Å². The van der Waals surface area contributed by atoms with Gasteiger partial charge in [0.2, 0.25) is 0 Å². The van der Waals surface area contributed by atoms with Crippen molar-refractivity contribution in [3.8, 4) is 33.1 Å². The Hall–Kier alpha value is -3.94. The first-order valence-corrected chi connectivity index (χ1v) is 10.0.